The number of nitriles is 1. The largest absolute Gasteiger partial charge is 0.383 e. The molecule has 1 aromatic carbocycles. The van der Waals surface area contributed by atoms with E-state index in [0.717, 1.165) is 18.0 Å². The number of hydrogen-bond acceptors (Lipinski definition) is 5. The summed E-state index contributed by atoms with van der Waals surface area (Å²) >= 11 is 1.49. The Morgan fingerprint density at radius 2 is 2.10 bits per heavy atom. The highest BCUT2D eigenvalue weighted by Gasteiger charge is 2.02. The Kier molecular flexibility index (Phi) is 9.29. The van der Waals surface area contributed by atoms with Crippen LogP contribution < -0.4 is 10.6 Å². The lowest BCUT2D eigenvalue weighted by atomic mass is 10.2. The third-order valence-corrected chi connectivity index (χ3v) is 3.68. The number of methoxy groups -OCH3 is 1. The second-order valence-corrected chi connectivity index (χ2v) is 5.41. The van der Waals surface area contributed by atoms with Gasteiger partial charge in [0, 0.05) is 31.6 Å². The number of nitrogens with zero attached hydrogens (tertiary/aromatic N) is 1. The van der Waals surface area contributed by atoms with Gasteiger partial charge >= 0.3 is 0 Å². The summed E-state index contributed by atoms with van der Waals surface area (Å²) in [5.41, 5.74) is 1.20. The van der Waals surface area contributed by atoms with Crippen molar-refractivity contribution < 1.29 is 9.53 Å². The molecule has 0 heterocycles. The van der Waals surface area contributed by atoms with Crippen LogP contribution in [0.2, 0.25) is 0 Å². The normalized spacial score (nSPS) is 10.1. The van der Waals surface area contributed by atoms with Crippen LogP contribution in [0.3, 0.4) is 0 Å². The van der Waals surface area contributed by atoms with E-state index in [1.165, 1.54) is 17.3 Å². The molecule has 0 radical (unpaired) electrons. The molecule has 6 heteroatoms. The van der Waals surface area contributed by atoms with Crippen molar-refractivity contribution in [3.63, 3.8) is 0 Å². The van der Waals surface area contributed by atoms with Gasteiger partial charge in [-0.15, -0.1) is 11.8 Å². The number of thioether (sulfide) groups is 1. The monoisotopic (exact) mass is 307 g/mol. The molecule has 0 saturated carbocycles. The van der Waals surface area contributed by atoms with Crippen molar-refractivity contribution in [1.29, 1.82) is 5.26 Å². The first-order valence-electron chi connectivity index (χ1n) is 6.81. The van der Waals surface area contributed by atoms with Crippen LogP contribution >= 0.6 is 11.8 Å². The maximum atomic E-state index is 11.5. The fourth-order valence-electron chi connectivity index (χ4n) is 1.57. The van der Waals surface area contributed by atoms with Gasteiger partial charge in [-0.3, -0.25) is 4.79 Å². The van der Waals surface area contributed by atoms with E-state index in [9.17, 15) is 4.79 Å². The van der Waals surface area contributed by atoms with E-state index < -0.39 is 0 Å². The van der Waals surface area contributed by atoms with Crippen molar-refractivity contribution in [2.24, 2.45) is 0 Å². The van der Waals surface area contributed by atoms with Crippen molar-refractivity contribution in [3.05, 3.63) is 29.8 Å². The van der Waals surface area contributed by atoms with Crippen molar-refractivity contribution in [3.8, 4) is 6.07 Å². The van der Waals surface area contributed by atoms with Crippen LogP contribution in [0.4, 0.5) is 0 Å². The van der Waals surface area contributed by atoms with Crippen LogP contribution in [0.1, 0.15) is 12.0 Å². The highest BCUT2D eigenvalue weighted by molar-refractivity contribution is 8.00. The van der Waals surface area contributed by atoms with Gasteiger partial charge in [-0.25, -0.2) is 0 Å². The number of amides is 1. The van der Waals surface area contributed by atoms with E-state index in [1.54, 1.807) is 7.11 Å². The van der Waals surface area contributed by atoms with Gasteiger partial charge in [0.1, 0.15) is 0 Å². The second kappa shape index (κ2) is 11.1. The molecule has 0 spiro atoms. The maximum absolute atomic E-state index is 11.5. The molecule has 1 rings (SSSR count). The zero-order valence-electron chi connectivity index (χ0n) is 12.2. The van der Waals surface area contributed by atoms with Crippen LogP contribution in [0.15, 0.2) is 29.2 Å². The molecule has 2 N–H and O–H groups in total. The van der Waals surface area contributed by atoms with Crippen molar-refractivity contribution in [2.75, 3.05) is 32.6 Å². The molecule has 0 unspecified atom stereocenters. The van der Waals surface area contributed by atoms with E-state index in [4.69, 9.17) is 10.00 Å². The number of hydrogen-bond donors (Lipinski definition) is 2. The predicted octanol–water partition coefficient (Wildman–Crippen LogP) is 1.54. The Morgan fingerprint density at radius 1 is 1.33 bits per heavy atom. The van der Waals surface area contributed by atoms with Gasteiger partial charge in [0.05, 0.1) is 24.8 Å². The third kappa shape index (κ3) is 8.35. The van der Waals surface area contributed by atoms with Crippen LogP contribution in [0.25, 0.3) is 0 Å². The second-order valence-electron chi connectivity index (χ2n) is 4.36. The van der Waals surface area contributed by atoms with Gasteiger partial charge in [0.2, 0.25) is 5.91 Å². The lowest BCUT2D eigenvalue weighted by Gasteiger charge is -2.06. The highest BCUT2D eigenvalue weighted by Crippen LogP contribution is 2.18. The number of benzene rings is 1. The number of carbonyl (C=O) groups excluding carboxylic acids is 1. The molecule has 1 amide bonds. The van der Waals surface area contributed by atoms with Crippen molar-refractivity contribution in [2.45, 2.75) is 17.9 Å². The summed E-state index contributed by atoms with van der Waals surface area (Å²) in [4.78, 5) is 12.6. The van der Waals surface area contributed by atoms with Crippen LogP contribution in [0, 0.1) is 11.3 Å². The first-order chi connectivity index (χ1) is 10.3. The van der Waals surface area contributed by atoms with Crippen LogP contribution in [-0.4, -0.2) is 38.5 Å². The molecule has 0 aliphatic heterocycles. The smallest absolute Gasteiger partial charge is 0.230 e. The zero-order valence-corrected chi connectivity index (χ0v) is 13.0. The summed E-state index contributed by atoms with van der Waals surface area (Å²) < 4.78 is 4.97. The Balaban J connectivity index is 2.24. The van der Waals surface area contributed by atoms with E-state index in [-0.39, 0.29) is 5.91 Å². The molecular weight excluding hydrogens is 286 g/mol. The van der Waals surface area contributed by atoms with E-state index >= 15 is 0 Å². The minimum Gasteiger partial charge on any atom is -0.383 e. The Labute approximate surface area is 130 Å². The summed E-state index contributed by atoms with van der Waals surface area (Å²) in [6.45, 7) is 2.76. The topological polar surface area (TPSA) is 74.2 Å². The lowest BCUT2D eigenvalue weighted by molar-refractivity contribution is -0.118. The predicted molar refractivity (Wildman–Crippen MR) is 84.0 cm³/mol. The Hall–Kier alpha value is -1.55. The van der Waals surface area contributed by atoms with Gasteiger partial charge < -0.3 is 15.4 Å². The van der Waals surface area contributed by atoms with E-state index in [0.29, 0.717) is 25.3 Å². The van der Waals surface area contributed by atoms with Gasteiger partial charge in [-0.2, -0.15) is 5.26 Å². The summed E-state index contributed by atoms with van der Waals surface area (Å²) in [5, 5.41) is 14.4. The molecule has 0 aromatic heterocycles. The number of rotatable bonds is 10. The average molecular weight is 307 g/mol. The third-order valence-electron chi connectivity index (χ3n) is 2.66. The van der Waals surface area contributed by atoms with Crippen LogP contribution in [-0.2, 0) is 16.1 Å². The van der Waals surface area contributed by atoms with Gasteiger partial charge in [0.25, 0.3) is 0 Å². The van der Waals surface area contributed by atoms with Crippen molar-refractivity contribution in [1.82, 2.24) is 10.6 Å². The SMILES string of the molecule is COCCNCc1ccc(SCC(=O)NCCC#N)cc1. The minimum atomic E-state index is -0.0411. The molecular formula is C15H21N3O2S. The summed E-state index contributed by atoms with van der Waals surface area (Å²) in [7, 11) is 1.68. The molecule has 0 fully saturated rings. The Morgan fingerprint density at radius 3 is 2.76 bits per heavy atom. The maximum Gasteiger partial charge on any atom is 0.230 e. The first kappa shape index (κ1) is 17.5. The van der Waals surface area contributed by atoms with Crippen molar-refractivity contribution >= 4 is 17.7 Å². The molecule has 0 atom stereocenters. The fraction of sp³-hybridized carbons (Fsp3) is 0.467. The molecule has 0 aliphatic rings. The molecule has 0 bridgehead atoms. The molecule has 5 nitrogen and oxygen atoms in total. The molecule has 114 valence electrons. The lowest BCUT2D eigenvalue weighted by Crippen LogP contribution is -2.25. The first-order valence-corrected chi connectivity index (χ1v) is 7.80. The van der Waals surface area contributed by atoms with Gasteiger partial charge in [-0.1, -0.05) is 12.1 Å². The molecule has 21 heavy (non-hydrogen) atoms. The van der Waals surface area contributed by atoms with Gasteiger partial charge in [0.15, 0.2) is 0 Å². The summed E-state index contributed by atoms with van der Waals surface area (Å²) in [5.74, 6) is 0.331. The average Bonchev–Trinajstić information content (AvgIpc) is 2.51. The van der Waals surface area contributed by atoms with E-state index in [2.05, 4.69) is 22.8 Å². The molecule has 0 saturated heterocycles. The molecule has 1 aromatic rings. The summed E-state index contributed by atoms with van der Waals surface area (Å²) in [6.07, 6.45) is 0.348. The number of carbonyl (C=O) groups is 1. The standard InChI is InChI=1S/C15H21N3O2S/c1-20-10-9-17-11-13-3-5-14(6-4-13)21-12-15(19)18-8-2-7-16/h3-6,17H,2,8-12H2,1H3,(H,18,19). The minimum absolute atomic E-state index is 0.0411. The Bertz CT molecular complexity index is 457. The van der Waals surface area contributed by atoms with Crippen LogP contribution in [0.5, 0.6) is 0 Å². The fourth-order valence-corrected chi connectivity index (χ4v) is 2.30. The quantitative estimate of drug-likeness (QED) is 0.507. The van der Waals surface area contributed by atoms with Gasteiger partial charge in [-0.05, 0) is 17.7 Å². The number of nitrogens with one attached hydrogen (secondary N) is 2. The molecule has 0 aliphatic carbocycles. The highest BCUT2D eigenvalue weighted by atomic mass is 32.2. The summed E-state index contributed by atoms with van der Waals surface area (Å²) in [6, 6.07) is 10.1. The zero-order chi connectivity index (χ0) is 15.3. The number of ether oxygens (including phenoxy) is 1. The van der Waals surface area contributed by atoms with E-state index in [1.807, 2.05) is 18.2 Å².